The normalized spacial score (nSPS) is 10.6. The molecule has 0 amide bonds. The molecule has 0 spiro atoms. The number of Topliss-reactive ketones (excluding diaryl/α,β-unsaturated/α-hetero) is 2. The van der Waals surface area contributed by atoms with Gasteiger partial charge in [-0.2, -0.15) is 0 Å². The molecule has 0 saturated heterocycles. The molecule has 4 aromatic carbocycles. The first-order valence-electron chi connectivity index (χ1n) is 13.1. The lowest BCUT2D eigenvalue weighted by Crippen LogP contribution is -1.89. The molecule has 3 radical (unpaired) electrons. The Morgan fingerprint density at radius 2 is 0.795 bits per heavy atom. The lowest BCUT2D eigenvalue weighted by atomic mass is 10.1. The van der Waals surface area contributed by atoms with Crippen molar-refractivity contribution in [3.8, 4) is 0 Å². The van der Waals surface area contributed by atoms with Crippen LogP contribution in [0.25, 0.3) is 59.1 Å². The van der Waals surface area contributed by atoms with E-state index in [0.717, 1.165) is 20.5 Å². The van der Waals surface area contributed by atoms with Gasteiger partial charge < -0.3 is 0 Å². The molecule has 8 rings (SSSR count). The zero-order chi connectivity index (χ0) is 29.5. The van der Waals surface area contributed by atoms with Crippen molar-refractivity contribution in [3.63, 3.8) is 0 Å². The van der Waals surface area contributed by atoms with Crippen LogP contribution in [0.15, 0.2) is 84.9 Å². The number of fused-ring (bicyclic) bond motifs is 10. The topological polar surface area (TPSA) is 51.2 Å². The highest BCUT2D eigenvalue weighted by Gasteiger charge is 2.14. The molecule has 0 saturated carbocycles. The molecular weight excluding hydrogens is 643 g/mol. The van der Waals surface area contributed by atoms with E-state index in [1.54, 1.807) is 36.5 Å². The number of benzene rings is 4. The minimum Gasteiger partial charge on any atom is -0.295 e. The molecule has 4 aromatic heterocycles. The summed E-state index contributed by atoms with van der Waals surface area (Å²) in [5.74, 6) is 0.184. The minimum absolute atomic E-state index is 0. The molecule has 0 aliphatic carbocycles. The van der Waals surface area contributed by atoms with Gasteiger partial charge in [-0.05, 0) is 49.7 Å². The highest BCUT2D eigenvalue weighted by molar-refractivity contribution is 7.37. The molecule has 0 aliphatic rings. The predicted octanol–water partition coefficient (Wildman–Crippen LogP) is 12.0. The first-order valence-corrected chi connectivity index (χ1v) is 16.7. The van der Waals surface area contributed by atoms with E-state index in [9.17, 15) is 14.4 Å². The van der Waals surface area contributed by atoms with E-state index in [4.69, 9.17) is 0 Å². The molecule has 0 unspecified atom stereocenters. The predicted molar refractivity (Wildman–Crippen MR) is 198 cm³/mol. The standard InChI is InChI=1S/C18H12O2S2.C14H8S2.C2H3ClO.CH4.B/c1-9(19)11-3-5-13-15(7-11)21-18-14-6-4-12(10(2)20)8-16(14)22-17(13)18;1-3-7-11-9(5-1)13-14(15-11)10-6-2-4-8-12(10)16-13;1-2(3)4;;/h3-8H,1-2H3;1-8H;1H3;1H4;. The number of thiophene rings is 4. The summed E-state index contributed by atoms with van der Waals surface area (Å²) < 4.78 is 10.5. The van der Waals surface area contributed by atoms with E-state index in [0.29, 0.717) is 0 Å². The second-order valence-electron chi connectivity index (χ2n) is 9.72. The fourth-order valence-electron chi connectivity index (χ4n) is 4.85. The van der Waals surface area contributed by atoms with Gasteiger partial charge in [0.05, 0.1) is 18.8 Å². The molecule has 0 bridgehead atoms. The van der Waals surface area contributed by atoms with E-state index in [-0.39, 0.29) is 32.6 Å². The summed E-state index contributed by atoms with van der Waals surface area (Å²) in [5, 5.41) is 4.83. The Balaban J connectivity index is 0.000000178. The van der Waals surface area contributed by atoms with Crippen LogP contribution in [0, 0.1) is 0 Å². The Morgan fingerprint density at radius 3 is 1.14 bits per heavy atom. The van der Waals surface area contributed by atoms with E-state index in [1.165, 1.54) is 56.7 Å². The molecule has 0 fully saturated rings. The van der Waals surface area contributed by atoms with Crippen LogP contribution in [0.4, 0.5) is 0 Å². The Hall–Kier alpha value is -3.40. The molecule has 8 aromatic rings. The van der Waals surface area contributed by atoms with Crippen LogP contribution in [-0.4, -0.2) is 25.2 Å². The summed E-state index contributed by atoms with van der Waals surface area (Å²) >= 11 is 11.9. The maximum atomic E-state index is 11.5. The summed E-state index contributed by atoms with van der Waals surface area (Å²) in [6.07, 6.45) is 0. The molecule has 9 heteroatoms. The third-order valence-corrected chi connectivity index (χ3v) is 11.8. The van der Waals surface area contributed by atoms with E-state index < -0.39 is 0 Å². The summed E-state index contributed by atoms with van der Waals surface area (Å²) in [6, 6.07) is 29.2. The van der Waals surface area contributed by atoms with Crippen LogP contribution in [0.2, 0.25) is 0 Å². The molecule has 0 N–H and O–H groups in total. The monoisotopic (exact) mass is 669 g/mol. The van der Waals surface area contributed by atoms with Crippen molar-refractivity contribution in [2.24, 2.45) is 0 Å². The zero-order valence-electron chi connectivity index (χ0n) is 23.4. The second-order valence-corrected chi connectivity index (χ2v) is 14.5. The van der Waals surface area contributed by atoms with Crippen molar-refractivity contribution in [2.75, 3.05) is 0 Å². The first kappa shape index (κ1) is 33.5. The van der Waals surface area contributed by atoms with Gasteiger partial charge in [0.15, 0.2) is 11.6 Å². The van der Waals surface area contributed by atoms with Crippen LogP contribution in [-0.2, 0) is 4.79 Å². The lowest BCUT2D eigenvalue weighted by molar-refractivity contribution is -0.109. The van der Waals surface area contributed by atoms with Crippen LogP contribution in [0.5, 0.6) is 0 Å². The number of hydrogen-bond acceptors (Lipinski definition) is 7. The van der Waals surface area contributed by atoms with Gasteiger partial charge in [-0.1, -0.05) is 68.1 Å². The maximum Gasteiger partial charge on any atom is 0.218 e. The Bertz CT molecular complexity index is 2160. The summed E-state index contributed by atoms with van der Waals surface area (Å²) in [7, 11) is 0. The van der Waals surface area contributed by atoms with Gasteiger partial charge in [0.25, 0.3) is 0 Å². The molecule has 219 valence electrons. The van der Waals surface area contributed by atoms with Gasteiger partial charge >= 0.3 is 0 Å². The maximum absolute atomic E-state index is 11.5. The largest absolute Gasteiger partial charge is 0.295 e. The van der Waals surface area contributed by atoms with Gasteiger partial charge in [0.2, 0.25) is 5.24 Å². The number of halogens is 1. The Morgan fingerprint density at radius 1 is 0.500 bits per heavy atom. The fourth-order valence-corrected chi connectivity index (χ4v) is 10.2. The summed E-state index contributed by atoms with van der Waals surface area (Å²) in [6.45, 7) is 4.48. The van der Waals surface area contributed by atoms with Gasteiger partial charge in [0.1, 0.15) is 0 Å². The van der Waals surface area contributed by atoms with Crippen molar-refractivity contribution in [2.45, 2.75) is 28.2 Å². The van der Waals surface area contributed by atoms with Gasteiger partial charge in [-0.25, -0.2) is 0 Å². The average molecular weight is 670 g/mol. The van der Waals surface area contributed by atoms with E-state index >= 15 is 0 Å². The number of carbonyl (C=O) groups excluding carboxylic acids is 3. The summed E-state index contributed by atoms with van der Waals surface area (Å²) in [5.41, 5.74) is 1.51. The third-order valence-electron chi connectivity index (χ3n) is 6.79. The van der Waals surface area contributed by atoms with Gasteiger partial charge in [0, 0.05) is 66.8 Å². The highest BCUT2D eigenvalue weighted by Crippen LogP contribution is 2.45. The average Bonchev–Trinajstić information content (AvgIpc) is 3.70. The molecule has 0 atom stereocenters. The number of ketones is 2. The van der Waals surface area contributed by atoms with Crippen LogP contribution < -0.4 is 0 Å². The Labute approximate surface area is 278 Å². The van der Waals surface area contributed by atoms with Gasteiger partial charge in [-0.15, -0.1) is 45.3 Å². The van der Waals surface area contributed by atoms with Crippen LogP contribution in [0.1, 0.15) is 48.9 Å². The van der Waals surface area contributed by atoms with Crippen molar-refractivity contribution in [1.29, 1.82) is 0 Å². The quantitative estimate of drug-likeness (QED) is 0.105. The molecular formula is C35H27BClO3S4. The highest BCUT2D eigenvalue weighted by atomic mass is 35.5. The Kier molecular flexibility index (Phi) is 10.4. The zero-order valence-corrected chi connectivity index (χ0v) is 27.4. The van der Waals surface area contributed by atoms with Crippen molar-refractivity contribution in [1.82, 2.24) is 0 Å². The lowest BCUT2D eigenvalue weighted by Gasteiger charge is -1.96. The van der Waals surface area contributed by atoms with Gasteiger partial charge in [-0.3, -0.25) is 14.4 Å². The molecule has 0 aliphatic heterocycles. The summed E-state index contributed by atoms with van der Waals surface area (Å²) in [4.78, 5) is 32.3. The number of rotatable bonds is 2. The van der Waals surface area contributed by atoms with Crippen LogP contribution >= 0.6 is 56.9 Å². The number of carbonyl (C=O) groups is 3. The van der Waals surface area contributed by atoms with Crippen LogP contribution in [0.3, 0.4) is 0 Å². The molecule has 3 nitrogen and oxygen atoms in total. The second kappa shape index (κ2) is 13.7. The fraction of sp³-hybridized carbons (Fsp3) is 0.114. The minimum atomic E-state index is -0.361. The van der Waals surface area contributed by atoms with Crippen molar-refractivity contribution in [3.05, 3.63) is 96.1 Å². The van der Waals surface area contributed by atoms with E-state index in [2.05, 4.69) is 60.1 Å². The molecule has 4 heterocycles. The first-order chi connectivity index (χ1) is 20.2. The number of hydrogen-bond donors (Lipinski definition) is 0. The van der Waals surface area contributed by atoms with Crippen molar-refractivity contribution < 1.29 is 14.4 Å². The smallest absolute Gasteiger partial charge is 0.218 e. The van der Waals surface area contributed by atoms with E-state index in [1.807, 2.05) is 59.1 Å². The molecule has 44 heavy (non-hydrogen) atoms. The third kappa shape index (κ3) is 6.37. The SMILES string of the molecule is C.CC(=O)Cl.CC(=O)c1ccc2c(c1)sc1c3ccc(C(C)=O)cc3sc21.[B].c1ccc2c(c1)sc1c3ccccc3sc21. The van der Waals surface area contributed by atoms with Crippen molar-refractivity contribution >= 4 is 141 Å².